The molecule has 0 aliphatic carbocycles. The third kappa shape index (κ3) is 9.27. The summed E-state index contributed by atoms with van der Waals surface area (Å²) in [6.07, 6.45) is -0.713. The average molecular weight is 480 g/mol. The van der Waals surface area contributed by atoms with Crippen molar-refractivity contribution in [1.29, 1.82) is 0 Å². The van der Waals surface area contributed by atoms with Crippen molar-refractivity contribution < 1.29 is 19.1 Å². The molecule has 0 saturated carbocycles. The van der Waals surface area contributed by atoms with E-state index in [2.05, 4.69) is 23.3 Å². The Bertz CT molecular complexity index is 850. The number of nitrogens with zero attached hydrogens (tertiary/aromatic N) is 1. The summed E-state index contributed by atoms with van der Waals surface area (Å²) in [4.78, 5) is 41.3. The standard InChI is InChI=1S/C25H41N3O4S/c1-16-12-11-13-17(14-16)19(20(29)27-23(2,3)4)28(24(5,6)7)21(30)18(15-33)26-22(31)32-25(8,9)10/h11-14,18-19,33H,15H2,1-10H3,(H,26,31)(H,27,29). The summed E-state index contributed by atoms with van der Waals surface area (Å²) in [5, 5.41) is 5.63. The van der Waals surface area contributed by atoms with E-state index in [1.165, 1.54) is 4.90 Å². The van der Waals surface area contributed by atoms with Crippen LogP contribution in [0.2, 0.25) is 0 Å². The van der Waals surface area contributed by atoms with Crippen LogP contribution in [0.1, 0.15) is 79.5 Å². The van der Waals surface area contributed by atoms with E-state index in [1.807, 2.05) is 72.7 Å². The average Bonchev–Trinajstić information content (AvgIpc) is 2.59. The third-order valence-electron chi connectivity index (χ3n) is 4.49. The number of hydrogen-bond acceptors (Lipinski definition) is 5. The van der Waals surface area contributed by atoms with Crippen LogP contribution in [0.3, 0.4) is 0 Å². The van der Waals surface area contributed by atoms with Crippen molar-refractivity contribution in [2.45, 2.75) is 98.0 Å². The summed E-state index contributed by atoms with van der Waals surface area (Å²) in [5.74, 6) is -0.669. The molecule has 0 aromatic heterocycles. The molecule has 33 heavy (non-hydrogen) atoms. The van der Waals surface area contributed by atoms with E-state index in [1.54, 1.807) is 20.8 Å². The molecule has 0 fully saturated rings. The summed E-state index contributed by atoms with van der Waals surface area (Å²) < 4.78 is 5.33. The molecular weight excluding hydrogens is 438 g/mol. The minimum absolute atomic E-state index is 0.0477. The SMILES string of the molecule is Cc1cccc(C(C(=O)NC(C)(C)C)N(C(=O)C(CS)NC(=O)OC(C)(C)C)C(C)(C)C)c1. The first-order valence-corrected chi connectivity index (χ1v) is 11.8. The van der Waals surface area contributed by atoms with Crippen molar-refractivity contribution in [2.24, 2.45) is 0 Å². The molecule has 3 amide bonds. The Morgan fingerprint density at radius 1 is 1.03 bits per heavy atom. The molecule has 2 N–H and O–H groups in total. The zero-order valence-corrected chi connectivity index (χ0v) is 22.6. The van der Waals surface area contributed by atoms with Crippen molar-refractivity contribution in [1.82, 2.24) is 15.5 Å². The van der Waals surface area contributed by atoms with E-state index in [-0.39, 0.29) is 11.7 Å². The van der Waals surface area contributed by atoms with Crippen LogP contribution in [0, 0.1) is 6.92 Å². The summed E-state index contributed by atoms with van der Waals surface area (Å²) in [6.45, 7) is 18.4. The summed E-state index contributed by atoms with van der Waals surface area (Å²) in [6, 6.07) is 5.66. The highest BCUT2D eigenvalue weighted by molar-refractivity contribution is 7.80. The third-order valence-corrected chi connectivity index (χ3v) is 4.86. The lowest BCUT2D eigenvalue weighted by molar-refractivity contribution is -0.148. The highest BCUT2D eigenvalue weighted by atomic mass is 32.1. The molecule has 0 aliphatic heterocycles. The van der Waals surface area contributed by atoms with Gasteiger partial charge < -0.3 is 20.3 Å². The highest BCUT2D eigenvalue weighted by Crippen LogP contribution is 2.31. The zero-order chi connectivity index (χ0) is 25.8. The molecule has 0 heterocycles. The van der Waals surface area contributed by atoms with Crippen LogP contribution in [0.15, 0.2) is 24.3 Å². The van der Waals surface area contributed by atoms with Gasteiger partial charge in [0, 0.05) is 16.8 Å². The number of rotatable bonds is 6. The molecule has 1 aromatic rings. The van der Waals surface area contributed by atoms with Gasteiger partial charge in [-0.2, -0.15) is 12.6 Å². The van der Waals surface area contributed by atoms with Gasteiger partial charge in [0.1, 0.15) is 17.7 Å². The van der Waals surface area contributed by atoms with E-state index in [0.29, 0.717) is 5.56 Å². The van der Waals surface area contributed by atoms with Gasteiger partial charge in [-0.25, -0.2) is 4.79 Å². The van der Waals surface area contributed by atoms with Crippen molar-refractivity contribution >= 4 is 30.5 Å². The number of nitrogens with one attached hydrogen (secondary N) is 2. The number of aryl methyl sites for hydroxylation is 1. The Labute approximate surface area is 204 Å². The topological polar surface area (TPSA) is 87.7 Å². The normalized spacial score (nSPS) is 14.2. The first-order chi connectivity index (χ1) is 14.9. The van der Waals surface area contributed by atoms with Gasteiger partial charge in [-0.1, -0.05) is 29.8 Å². The Morgan fingerprint density at radius 2 is 1.61 bits per heavy atom. The number of carbonyl (C=O) groups is 3. The molecule has 1 aromatic carbocycles. The lowest BCUT2D eigenvalue weighted by Gasteiger charge is -2.43. The quantitative estimate of drug-likeness (QED) is 0.528. The van der Waals surface area contributed by atoms with Crippen molar-refractivity contribution in [3.05, 3.63) is 35.4 Å². The Balaban J connectivity index is 3.50. The minimum atomic E-state index is -0.975. The molecule has 1 rings (SSSR count). The van der Waals surface area contributed by atoms with Gasteiger partial charge in [0.15, 0.2) is 0 Å². The van der Waals surface area contributed by atoms with Gasteiger partial charge in [0.2, 0.25) is 11.8 Å². The number of amides is 3. The molecule has 8 heteroatoms. The Kier molecular flexibility index (Phi) is 9.43. The number of thiol groups is 1. The molecule has 7 nitrogen and oxygen atoms in total. The highest BCUT2D eigenvalue weighted by Gasteiger charge is 2.42. The maximum absolute atomic E-state index is 13.8. The van der Waals surface area contributed by atoms with Gasteiger partial charge in [-0.15, -0.1) is 0 Å². The molecule has 186 valence electrons. The van der Waals surface area contributed by atoms with Gasteiger partial charge in [0.25, 0.3) is 0 Å². The lowest BCUT2D eigenvalue weighted by atomic mass is 9.94. The fourth-order valence-corrected chi connectivity index (χ4v) is 3.59. The predicted octanol–water partition coefficient (Wildman–Crippen LogP) is 4.40. The molecule has 0 saturated heterocycles. The number of ether oxygens (including phenoxy) is 1. The predicted molar refractivity (Wildman–Crippen MR) is 135 cm³/mol. The second-order valence-electron chi connectivity index (χ2n) is 11.3. The molecule has 2 atom stereocenters. The fourth-order valence-electron chi connectivity index (χ4n) is 3.34. The van der Waals surface area contributed by atoms with E-state index >= 15 is 0 Å². The van der Waals surface area contributed by atoms with Crippen molar-refractivity contribution in [3.63, 3.8) is 0 Å². The van der Waals surface area contributed by atoms with E-state index in [9.17, 15) is 14.4 Å². The van der Waals surface area contributed by atoms with Gasteiger partial charge >= 0.3 is 6.09 Å². The summed E-state index contributed by atoms with van der Waals surface area (Å²) in [5.41, 5.74) is -0.286. The first kappa shape index (κ1) is 28.8. The number of benzene rings is 1. The number of carbonyl (C=O) groups excluding carboxylic acids is 3. The second kappa shape index (κ2) is 10.8. The Hall–Kier alpha value is -2.22. The van der Waals surface area contributed by atoms with Crippen LogP contribution in [0.25, 0.3) is 0 Å². The maximum Gasteiger partial charge on any atom is 0.408 e. The fraction of sp³-hybridized carbons (Fsp3) is 0.640. The smallest absolute Gasteiger partial charge is 0.408 e. The van der Waals surface area contributed by atoms with Crippen LogP contribution >= 0.6 is 12.6 Å². The molecule has 2 unspecified atom stereocenters. The van der Waals surface area contributed by atoms with E-state index in [0.717, 1.165) is 5.56 Å². The molecule has 0 bridgehead atoms. The molecule has 0 radical (unpaired) electrons. The largest absolute Gasteiger partial charge is 0.444 e. The second-order valence-corrected chi connectivity index (χ2v) is 11.7. The van der Waals surface area contributed by atoms with E-state index < -0.39 is 40.8 Å². The van der Waals surface area contributed by atoms with Crippen LogP contribution in [-0.2, 0) is 14.3 Å². The van der Waals surface area contributed by atoms with Gasteiger partial charge in [-0.05, 0) is 74.8 Å². The maximum atomic E-state index is 13.8. The lowest BCUT2D eigenvalue weighted by Crippen LogP contribution is -2.60. The van der Waals surface area contributed by atoms with Crippen LogP contribution in [0.4, 0.5) is 4.79 Å². The van der Waals surface area contributed by atoms with Crippen molar-refractivity contribution in [3.8, 4) is 0 Å². The Morgan fingerprint density at radius 3 is 2.03 bits per heavy atom. The molecule has 0 aliphatic rings. The monoisotopic (exact) mass is 479 g/mol. The molecular formula is C25H41N3O4S. The number of alkyl carbamates (subject to hydrolysis) is 1. The van der Waals surface area contributed by atoms with Crippen LogP contribution in [0.5, 0.6) is 0 Å². The number of hydrogen-bond donors (Lipinski definition) is 3. The first-order valence-electron chi connectivity index (χ1n) is 11.2. The zero-order valence-electron chi connectivity index (χ0n) is 21.7. The van der Waals surface area contributed by atoms with Crippen LogP contribution < -0.4 is 10.6 Å². The summed E-state index contributed by atoms with van der Waals surface area (Å²) in [7, 11) is 0. The van der Waals surface area contributed by atoms with Crippen molar-refractivity contribution in [2.75, 3.05) is 5.75 Å². The minimum Gasteiger partial charge on any atom is -0.444 e. The summed E-state index contributed by atoms with van der Waals surface area (Å²) >= 11 is 4.31. The van der Waals surface area contributed by atoms with Crippen LogP contribution in [-0.4, -0.2) is 51.3 Å². The van der Waals surface area contributed by atoms with Gasteiger partial charge in [-0.3, -0.25) is 9.59 Å². The molecule has 0 spiro atoms. The van der Waals surface area contributed by atoms with E-state index in [4.69, 9.17) is 4.74 Å². The van der Waals surface area contributed by atoms with Gasteiger partial charge in [0.05, 0.1) is 0 Å².